The molecule has 0 radical (unpaired) electrons. The lowest BCUT2D eigenvalue weighted by atomic mass is 9.56. The number of nitrogens with zero attached hydrogens (tertiary/aromatic N) is 4. The number of likely N-dealkylation sites (tertiary alicyclic amines) is 2. The van der Waals surface area contributed by atoms with Crippen molar-refractivity contribution < 1.29 is 26.6 Å². The van der Waals surface area contributed by atoms with Crippen LogP contribution >= 0.6 is 0 Å². The second kappa shape index (κ2) is 7.92. The molecule has 5 rings (SSSR count). The number of amides is 2. The van der Waals surface area contributed by atoms with Crippen molar-refractivity contribution in [2.75, 3.05) is 26.2 Å². The van der Waals surface area contributed by atoms with Crippen LogP contribution < -0.4 is 0 Å². The summed E-state index contributed by atoms with van der Waals surface area (Å²) in [5.41, 5.74) is -4.96. The standard InChI is InChI=1S/C21H24F4N6O2S/c22-17-6-16(34(26,33)21(23,24)25)2-1-14(17)5-13-7-20(8-13)10-31(11-20)19(32)30-4-3-15(9-30)18-27-12-28-29-18/h1-2,6,12-13,15,26H,3-5,7-11H2,(H,27,28,29)/t15-,34?/m0/s1. The first-order valence-corrected chi connectivity index (χ1v) is 12.6. The number of rotatable bonds is 4. The van der Waals surface area contributed by atoms with Gasteiger partial charge < -0.3 is 9.80 Å². The van der Waals surface area contributed by atoms with E-state index in [4.69, 9.17) is 4.78 Å². The van der Waals surface area contributed by atoms with E-state index in [0.29, 0.717) is 38.7 Å². The molecule has 2 aromatic rings. The van der Waals surface area contributed by atoms with Crippen LogP contribution in [0.1, 0.15) is 36.6 Å². The lowest BCUT2D eigenvalue weighted by Gasteiger charge is -2.59. The van der Waals surface area contributed by atoms with Gasteiger partial charge in [0.05, 0.1) is 4.90 Å². The fraction of sp³-hybridized carbons (Fsp3) is 0.571. The molecule has 2 atom stereocenters. The maximum Gasteiger partial charge on any atom is 0.483 e. The van der Waals surface area contributed by atoms with E-state index in [0.717, 1.165) is 31.2 Å². The third-order valence-electron chi connectivity index (χ3n) is 7.24. The van der Waals surface area contributed by atoms with Gasteiger partial charge in [-0.25, -0.2) is 23.2 Å². The Balaban J connectivity index is 1.11. The minimum Gasteiger partial charge on any atom is -0.324 e. The zero-order valence-corrected chi connectivity index (χ0v) is 19.0. The summed E-state index contributed by atoms with van der Waals surface area (Å²) in [4.78, 5) is 19.8. The zero-order valence-electron chi connectivity index (χ0n) is 18.1. The molecule has 3 fully saturated rings. The number of H-pyrrole nitrogens is 1. The van der Waals surface area contributed by atoms with Gasteiger partial charge in [-0.2, -0.15) is 18.3 Å². The van der Waals surface area contributed by atoms with Crippen LogP contribution in [0, 0.1) is 21.9 Å². The SMILES string of the molecule is N=S(=O)(c1ccc(CC2CC3(C2)CN(C(=O)N2CC[C@H](c4ncn[nH]4)C2)C3)c(F)c1)C(F)(F)F. The number of carbonyl (C=O) groups is 1. The molecular formula is C21H24F4N6O2S. The Morgan fingerprint density at radius 2 is 2.00 bits per heavy atom. The van der Waals surface area contributed by atoms with E-state index in [2.05, 4.69) is 15.2 Å². The van der Waals surface area contributed by atoms with Crippen LogP contribution in [0.3, 0.4) is 0 Å². The molecule has 1 aromatic carbocycles. The van der Waals surface area contributed by atoms with Crippen molar-refractivity contribution in [2.45, 2.75) is 42.0 Å². The second-order valence-corrected chi connectivity index (χ2v) is 11.7. The largest absolute Gasteiger partial charge is 0.483 e. The molecule has 1 saturated carbocycles. The molecular weight excluding hydrogens is 476 g/mol. The number of hydrogen-bond acceptors (Lipinski definition) is 5. The predicted octanol–water partition coefficient (Wildman–Crippen LogP) is 3.73. The van der Waals surface area contributed by atoms with E-state index >= 15 is 0 Å². The zero-order chi connectivity index (χ0) is 24.3. The van der Waals surface area contributed by atoms with E-state index in [1.54, 1.807) is 0 Å². The monoisotopic (exact) mass is 500 g/mol. The van der Waals surface area contributed by atoms with Gasteiger partial charge in [0, 0.05) is 37.5 Å². The van der Waals surface area contributed by atoms with Crippen molar-refractivity contribution in [1.29, 1.82) is 4.78 Å². The Morgan fingerprint density at radius 3 is 2.62 bits per heavy atom. The van der Waals surface area contributed by atoms with Gasteiger partial charge in [0.15, 0.2) is 9.73 Å². The molecule has 0 bridgehead atoms. The Hall–Kier alpha value is -2.70. The van der Waals surface area contributed by atoms with Gasteiger partial charge in [-0.15, -0.1) is 0 Å². The molecule has 2 N–H and O–H groups in total. The van der Waals surface area contributed by atoms with Gasteiger partial charge in [-0.3, -0.25) is 5.10 Å². The topological polar surface area (TPSA) is 106 Å². The molecule has 2 aliphatic heterocycles. The van der Waals surface area contributed by atoms with E-state index < -0.39 is 26.0 Å². The van der Waals surface area contributed by atoms with Gasteiger partial charge in [-0.05, 0) is 49.3 Å². The summed E-state index contributed by atoms with van der Waals surface area (Å²) in [5, 5.41) is 6.72. The first kappa shape index (κ1) is 23.1. The molecule has 1 aromatic heterocycles. The van der Waals surface area contributed by atoms with Crippen molar-refractivity contribution in [3.8, 4) is 0 Å². The normalized spacial score (nSPS) is 24.1. The number of hydrogen-bond donors (Lipinski definition) is 2. The highest BCUT2D eigenvalue weighted by Crippen LogP contribution is 2.53. The van der Waals surface area contributed by atoms with E-state index in [1.807, 2.05) is 9.80 Å². The Kier molecular flexibility index (Phi) is 5.37. The average Bonchev–Trinajstić information content (AvgIpc) is 3.40. The van der Waals surface area contributed by atoms with Gasteiger partial charge >= 0.3 is 11.5 Å². The molecule has 1 unspecified atom stereocenters. The highest BCUT2D eigenvalue weighted by molar-refractivity contribution is 7.93. The predicted molar refractivity (Wildman–Crippen MR) is 113 cm³/mol. The number of halogens is 4. The molecule has 3 aliphatic rings. The summed E-state index contributed by atoms with van der Waals surface area (Å²) in [5.74, 6) is 0.253. The van der Waals surface area contributed by atoms with E-state index in [1.165, 1.54) is 12.4 Å². The molecule has 1 spiro atoms. The first-order valence-electron chi connectivity index (χ1n) is 11.0. The molecule has 1 aliphatic carbocycles. The van der Waals surface area contributed by atoms with Crippen molar-refractivity contribution in [3.63, 3.8) is 0 Å². The lowest BCUT2D eigenvalue weighted by molar-refractivity contribution is -0.0755. The van der Waals surface area contributed by atoms with Crippen LogP contribution in [0.5, 0.6) is 0 Å². The molecule has 184 valence electrons. The highest BCUT2D eigenvalue weighted by atomic mass is 32.2. The second-order valence-electron chi connectivity index (χ2n) is 9.67. The lowest BCUT2D eigenvalue weighted by Crippen LogP contribution is -2.65. The maximum atomic E-state index is 14.4. The average molecular weight is 501 g/mol. The Labute approximate surface area is 193 Å². The molecule has 3 heterocycles. The van der Waals surface area contributed by atoms with Gasteiger partial charge in [0.25, 0.3) is 0 Å². The third kappa shape index (κ3) is 3.93. The third-order valence-corrected chi connectivity index (χ3v) is 8.81. The number of alkyl halides is 3. The number of nitrogens with one attached hydrogen (secondary N) is 2. The highest BCUT2D eigenvalue weighted by Gasteiger charge is 2.54. The number of urea groups is 1. The molecule has 2 amide bonds. The summed E-state index contributed by atoms with van der Waals surface area (Å²) in [7, 11) is -5.08. The molecule has 8 nitrogen and oxygen atoms in total. The van der Waals surface area contributed by atoms with Crippen LogP contribution in [0.2, 0.25) is 0 Å². The summed E-state index contributed by atoms with van der Waals surface area (Å²) in [6.45, 7) is 2.58. The van der Waals surface area contributed by atoms with Crippen LogP contribution in [-0.2, 0) is 16.1 Å². The van der Waals surface area contributed by atoms with Crippen LogP contribution in [0.4, 0.5) is 22.4 Å². The van der Waals surface area contributed by atoms with Gasteiger partial charge in [0.1, 0.15) is 18.0 Å². The number of benzene rings is 1. The fourth-order valence-electron chi connectivity index (χ4n) is 5.55. The fourth-order valence-corrected chi connectivity index (χ4v) is 6.35. The van der Waals surface area contributed by atoms with Crippen molar-refractivity contribution >= 4 is 15.8 Å². The minimum absolute atomic E-state index is 0.0152. The molecule has 2 saturated heterocycles. The van der Waals surface area contributed by atoms with Crippen molar-refractivity contribution in [1.82, 2.24) is 25.0 Å². The van der Waals surface area contributed by atoms with E-state index in [-0.39, 0.29) is 28.8 Å². The van der Waals surface area contributed by atoms with Gasteiger partial charge in [-0.1, -0.05) is 6.07 Å². The van der Waals surface area contributed by atoms with Crippen molar-refractivity contribution in [3.05, 3.63) is 41.7 Å². The Bertz CT molecular complexity index is 1190. The van der Waals surface area contributed by atoms with Crippen LogP contribution in [0.25, 0.3) is 0 Å². The van der Waals surface area contributed by atoms with Crippen LogP contribution in [0.15, 0.2) is 29.4 Å². The first-order chi connectivity index (χ1) is 16.0. The quantitative estimate of drug-likeness (QED) is 0.624. The van der Waals surface area contributed by atoms with E-state index in [9.17, 15) is 26.6 Å². The number of aromatic nitrogens is 3. The number of carbonyl (C=O) groups excluding carboxylic acids is 1. The van der Waals surface area contributed by atoms with Crippen molar-refractivity contribution in [2.24, 2.45) is 11.3 Å². The number of aromatic amines is 1. The van der Waals surface area contributed by atoms with Crippen LogP contribution in [-0.4, -0.2) is 66.9 Å². The summed E-state index contributed by atoms with van der Waals surface area (Å²) >= 11 is 0. The molecule has 34 heavy (non-hydrogen) atoms. The minimum atomic E-state index is -5.25. The summed E-state index contributed by atoms with van der Waals surface area (Å²) in [6.07, 6.45) is 4.29. The molecule has 13 heteroatoms. The Morgan fingerprint density at radius 1 is 1.26 bits per heavy atom. The summed E-state index contributed by atoms with van der Waals surface area (Å²) in [6, 6.07) is 2.71. The smallest absolute Gasteiger partial charge is 0.324 e. The maximum absolute atomic E-state index is 14.4. The summed E-state index contributed by atoms with van der Waals surface area (Å²) < 4.78 is 71.6. The van der Waals surface area contributed by atoms with Gasteiger partial charge in [0.2, 0.25) is 0 Å².